The maximum absolute atomic E-state index is 6.88. The first-order chi connectivity index (χ1) is 20.2. The second-order valence-electron chi connectivity index (χ2n) is 12.1. The standard InChI is InChI=1S/C38H34O2Si2/c1-7-41(3,4)27-25-37(33-21-13-9-17-29(33)30-18-10-14-22-34(30)37)39-40-38(26-28-42(5,6)8-2)35-23-15-11-19-31(35)32-20-12-16-24-36(32)38/h7-24H,1-2H2,3-6H3. The number of fused-ring (bicyclic) bond motifs is 6. The van der Waals surface area contributed by atoms with Gasteiger partial charge in [0, 0.05) is 22.3 Å². The zero-order chi connectivity index (χ0) is 29.6. The van der Waals surface area contributed by atoms with E-state index in [0.717, 1.165) is 44.5 Å². The first kappa shape index (κ1) is 28.0. The van der Waals surface area contributed by atoms with Gasteiger partial charge in [0.15, 0.2) is 16.1 Å². The molecule has 0 fully saturated rings. The molecule has 0 aromatic heterocycles. The van der Waals surface area contributed by atoms with Gasteiger partial charge in [0.25, 0.3) is 0 Å². The summed E-state index contributed by atoms with van der Waals surface area (Å²) in [6.45, 7) is 16.9. The highest BCUT2D eigenvalue weighted by Gasteiger charge is 2.50. The maximum Gasteiger partial charge on any atom is 0.214 e. The number of hydrogen-bond donors (Lipinski definition) is 0. The highest BCUT2D eigenvalue weighted by Crippen LogP contribution is 2.54. The average Bonchev–Trinajstić information content (AvgIpc) is 3.46. The van der Waals surface area contributed by atoms with E-state index >= 15 is 0 Å². The molecule has 0 N–H and O–H groups in total. The van der Waals surface area contributed by atoms with Crippen molar-refractivity contribution in [1.29, 1.82) is 0 Å². The van der Waals surface area contributed by atoms with Crippen LogP contribution in [0.15, 0.2) is 122 Å². The predicted octanol–water partition coefficient (Wildman–Crippen LogP) is 8.74. The van der Waals surface area contributed by atoms with Gasteiger partial charge < -0.3 is 0 Å². The topological polar surface area (TPSA) is 18.5 Å². The average molecular weight is 579 g/mol. The molecule has 0 saturated heterocycles. The van der Waals surface area contributed by atoms with E-state index in [1.165, 1.54) is 0 Å². The molecule has 0 saturated carbocycles. The van der Waals surface area contributed by atoms with E-state index in [1.807, 2.05) is 35.7 Å². The molecule has 0 atom stereocenters. The van der Waals surface area contributed by atoms with Crippen LogP contribution in [-0.2, 0) is 21.0 Å². The normalized spacial score (nSPS) is 15.0. The molecule has 0 bridgehead atoms. The molecule has 2 nitrogen and oxygen atoms in total. The summed E-state index contributed by atoms with van der Waals surface area (Å²) in [5, 5.41) is 0. The van der Waals surface area contributed by atoms with E-state index < -0.39 is 27.3 Å². The van der Waals surface area contributed by atoms with Gasteiger partial charge in [-0.2, -0.15) is 0 Å². The van der Waals surface area contributed by atoms with Gasteiger partial charge in [0.2, 0.25) is 11.2 Å². The van der Waals surface area contributed by atoms with Crippen molar-refractivity contribution in [3.05, 3.63) is 144 Å². The molecule has 4 heteroatoms. The van der Waals surface area contributed by atoms with Crippen LogP contribution in [0.4, 0.5) is 0 Å². The fourth-order valence-electron chi connectivity index (χ4n) is 5.61. The quantitative estimate of drug-likeness (QED) is 0.102. The zero-order valence-electron chi connectivity index (χ0n) is 24.6. The lowest BCUT2D eigenvalue weighted by Gasteiger charge is -2.32. The molecular weight excluding hydrogens is 545 g/mol. The van der Waals surface area contributed by atoms with Gasteiger partial charge in [-0.25, -0.2) is 9.78 Å². The zero-order valence-corrected chi connectivity index (χ0v) is 26.6. The molecule has 0 spiro atoms. The highest BCUT2D eigenvalue weighted by atomic mass is 28.3. The third kappa shape index (κ3) is 4.45. The minimum Gasteiger partial charge on any atom is -0.205 e. The highest BCUT2D eigenvalue weighted by molar-refractivity contribution is 6.89. The molecule has 0 radical (unpaired) electrons. The Kier molecular flexibility index (Phi) is 6.85. The lowest BCUT2D eigenvalue weighted by atomic mass is 9.91. The van der Waals surface area contributed by atoms with Crippen LogP contribution >= 0.6 is 0 Å². The Morgan fingerprint density at radius 3 is 1.02 bits per heavy atom. The minimum atomic E-state index is -2.04. The van der Waals surface area contributed by atoms with Gasteiger partial charge in [-0.15, -0.1) is 24.2 Å². The summed E-state index contributed by atoms with van der Waals surface area (Å²) in [7, 11) is -4.08. The third-order valence-electron chi connectivity index (χ3n) is 8.24. The van der Waals surface area contributed by atoms with Crippen molar-refractivity contribution in [2.75, 3.05) is 0 Å². The Hall–Kier alpha value is -4.17. The van der Waals surface area contributed by atoms with Crippen molar-refractivity contribution >= 4 is 16.1 Å². The van der Waals surface area contributed by atoms with Crippen LogP contribution in [0.25, 0.3) is 22.3 Å². The molecule has 206 valence electrons. The summed E-state index contributed by atoms with van der Waals surface area (Å²) in [4.78, 5) is 13.8. The van der Waals surface area contributed by atoms with Crippen LogP contribution in [-0.4, -0.2) is 16.1 Å². The lowest BCUT2D eigenvalue weighted by Crippen LogP contribution is -2.36. The van der Waals surface area contributed by atoms with E-state index in [0.29, 0.717) is 0 Å². The van der Waals surface area contributed by atoms with Crippen molar-refractivity contribution in [1.82, 2.24) is 0 Å². The van der Waals surface area contributed by atoms with E-state index in [1.54, 1.807) is 0 Å². The van der Waals surface area contributed by atoms with Gasteiger partial charge >= 0.3 is 0 Å². The van der Waals surface area contributed by atoms with E-state index in [9.17, 15) is 0 Å². The van der Waals surface area contributed by atoms with Gasteiger partial charge in [0.1, 0.15) is 0 Å². The number of hydrogen-bond acceptors (Lipinski definition) is 2. The molecule has 2 aliphatic carbocycles. The SMILES string of the molecule is C=C[Si](C)(C)C#CC1(OOC2(C#C[Si](C)(C)C=C)c3ccccc3-c3ccccc32)c2ccccc2-c2ccccc21. The Balaban J connectivity index is 1.60. The van der Waals surface area contributed by atoms with Crippen molar-refractivity contribution in [2.24, 2.45) is 0 Å². The third-order valence-corrected chi connectivity index (χ3v) is 11.8. The van der Waals surface area contributed by atoms with Crippen LogP contribution < -0.4 is 0 Å². The van der Waals surface area contributed by atoms with Gasteiger partial charge in [-0.1, -0.05) is 146 Å². The molecule has 6 rings (SSSR count). The second kappa shape index (κ2) is 10.3. The summed E-state index contributed by atoms with van der Waals surface area (Å²) in [6.07, 6.45) is 0. The Labute approximate surface area is 251 Å². The summed E-state index contributed by atoms with van der Waals surface area (Å²) in [5.74, 6) is 7.22. The Morgan fingerprint density at radius 1 is 0.500 bits per heavy atom. The van der Waals surface area contributed by atoms with Crippen LogP contribution in [0.2, 0.25) is 26.2 Å². The monoisotopic (exact) mass is 578 g/mol. The first-order valence-corrected chi connectivity index (χ1v) is 20.4. The summed E-state index contributed by atoms with van der Waals surface area (Å²) < 4.78 is 0. The molecule has 4 aromatic carbocycles. The van der Waals surface area contributed by atoms with E-state index in [4.69, 9.17) is 9.78 Å². The Bertz CT molecular complexity index is 1630. The first-order valence-electron chi connectivity index (χ1n) is 14.3. The van der Waals surface area contributed by atoms with Crippen molar-refractivity contribution in [3.8, 4) is 45.2 Å². The van der Waals surface area contributed by atoms with E-state index in [-0.39, 0.29) is 0 Å². The molecular formula is C38H34O2Si2. The largest absolute Gasteiger partial charge is 0.214 e. The van der Waals surface area contributed by atoms with Gasteiger partial charge in [-0.05, 0) is 22.3 Å². The van der Waals surface area contributed by atoms with Crippen LogP contribution in [0.1, 0.15) is 22.3 Å². The van der Waals surface area contributed by atoms with E-state index in [2.05, 4.69) is 135 Å². The van der Waals surface area contributed by atoms with Gasteiger partial charge in [0.05, 0.1) is 0 Å². The molecule has 4 aromatic rings. The maximum atomic E-state index is 6.88. The lowest BCUT2D eigenvalue weighted by molar-refractivity contribution is -0.378. The van der Waals surface area contributed by atoms with Gasteiger partial charge in [-0.3, -0.25) is 0 Å². The molecule has 2 aliphatic rings. The predicted molar refractivity (Wildman–Crippen MR) is 178 cm³/mol. The second-order valence-corrected chi connectivity index (χ2v) is 20.3. The minimum absolute atomic E-state index is 0.969. The smallest absolute Gasteiger partial charge is 0.205 e. The summed E-state index contributed by atoms with van der Waals surface area (Å²) in [5.41, 5.74) is 17.1. The Morgan fingerprint density at radius 2 is 0.762 bits per heavy atom. The molecule has 0 heterocycles. The molecule has 0 unspecified atom stereocenters. The molecule has 0 amide bonds. The van der Waals surface area contributed by atoms with Crippen LogP contribution in [0.5, 0.6) is 0 Å². The molecule has 42 heavy (non-hydrogen) atoms. The molecule has 0 aliphatic heterocycles. The fraction of sp³-hybridized carbons (Fsp3) is 0.158. The number of benzene rings is 4. The van der Waals surface area contributed by atoms with Crippen molar-refractivity contribution in [3.63, 3.8) is 0 Å². The van der Waals surface area contributed by atoms with Crippen molar-refractivity contribution in [2.45, 2.75) is 37.4 Å². The van der Waals surface area contributed by atoms with Crippen LogP contribution in [0, 0.1) is 22.9 Å². The fourth-order valence-corrected chi connectivity index (χ4v) is 6.81. The summed E-state index contributed by atoms with van der Waals surface area (Å²) in [6, 6.07) is 33.3. The van der Waals surface area contributed by atoms with Crippen LogP contribution in [0.3, 0.4) is 0 Å². The number of rotatable bonds is 5. The van der Waals surface area contributed by atoms with Crippen molar-refractivity contribution < 1.29 is 9.78 Å². The summed E-state index contributed by atoms with van der Waals surface area (Å²) >= 11 is 0.